The van der Waals surface area contributed by atoms with Crippen LogP contribution in [0.1, 0.15) is 34.5 Å². The van der Waals surface area contributed by atoms with E-state index in [2.05, 4.69) is 5.10 Å². The van der Waals surface area contributed by atoms with Crippen molar-refractivity contribution in [1.29, 1.82) is 0 Å². The summed E-state index contributed by atoms with van der Waals surface area (Å²) in [5, 5.41) is 12.2. The van der Waals surface area contributed by atoms with E-state index in [1.807, 2.05) is 0 Å². The lowest BCUT2D eigenvalue weighted by Crippen LogP contribution is -2.43. The van der Waals surface area contributed by atoms with Crippen LogP contribution in [0.15, 0.2) is 30.5 Å². The van der Waals surface area contributed by atoms with Crippen LogP contribution >= 0.6 is 11.6 Å². The second-order valence-electron chi connectivity index (χ2n) is 6.54. The number of nitrogens with zero attached hydrogens (tertiary/aromatic N) is 3. The van der Waals surface area contributed by atoms with Gasteiger partial charge in [-0.3, -0.25) is 0 Å². The maximum absolute atomic E-state index is 12.9. The fourth-order valence-corrected chi connectivity index (χ4v) is 3.22. The first-order chi connectivity index (χ1) is 13.6. The first kappa shape index (κ1) is 21.1. The largest absolute Gasteiger partial charge is 0.476 e. The van der Waals surface area contributed by atoms with Crippen LogP contribution in [0.5, 0.6) is 0 Å². The zero-order valence-electron chi connectivity index (χ0n) is 15.0. The lowest BCUT2D eigenvalue weighted by atomic mass is 10.1. The number of carbonyl (C=O) groups excluding carboxylic acids is 1. The van der Waals surface area contributed by atoms with Crippen LogP contribution in [0.3, 0.4) is 0 Å². The van der Waals surface area contributed by atoms with Gasteiger partial charge in [0.2, 0.25) is 0 Å². The molecular formula is C18H17ClF3N3O4. The predicted molar refractivity (Wildman–Crippen MR) is 95.8 cm³/mol. The van der Waals surface area contributed by atoms with E-state index in [4.69, 9.17) is 21.4 Å². The van der Waals surface area contributed by atoms with Gasteiger partial charge >= 0.3 is 18.2 Å². The molecule has 1 saturated heterocycles. The molecule has 1 amide bonds. The summed E-state index contributed by atoms with van der Waals surface area (Å²) in [7, 11) is 0. The monoisotopic (exact) mass is 431 g/mol. The Morgan fingerprint density at radius 2 is 1.93 bits per heavy atom. The summed E-state index contributed by atoms with van der Waals surface area (Å²) in [5.41, 5.74) is -0.767. The number of benzene rings is 1. The Bertz CT molecular complexity index is 908. The Hall–Kier alpha value is -2.59. The van der Waals surface area contributed by atoms with Crippen molar-refractivity contribution < 1.29 is 32.6 Å². The quantitative estimate of drug-likeness (QED) is 0.793. The van der Waals surface area contributed by atoms with Crippen LogP contribution in [0.25, 0.3) is 0 Å². The second-order valence-corrected chi connectivity index (χ2v) is 6.95. The zero-order valence-corrected chi connectivity index (χ0v) is 15.8. The van der Waals surface area contributed by atoms with E-state index in [1.54, 1.807) is 0 Å². The normalized spacial score (nSPS) is 15.5. The van der Waals surface area contributed by atoms with E-state index < -0.39 is 23.7 Å². The highest BCUT2D eigenvalue weighted by atomic mass is 35.5. The van der Waals surface area contributed by atoms with Crippen molar-refractivity contribution >= 4 is 23.6 Å². The third kappa shape index (κ3) is 5.07. The van der Waals surface area contributed by atoms with Crippen molar-refractivity contribution in [3.63, 3.8) is 0 Å². The van der Waals surface area contributed by atoms with E-state index in [0.29, 0.717) is 31.5 Å². The number of alkyl halides is 3. The molecule has 0 unspecified atom stereocenters. The van der Waals surface area contributed by atoms with Crippen molar-refractivity contribution in [1.82, 2.24) is 14.7 Å². The van der Waals surface area contributed by atoms with Gasteiger partial charge in [0.05, 0.1) is 23.3 Å². The number of carboxylic acids is 1. The summed E-state index contributed by atoms with van der Waals surface area (Å²) >= 11 is 5.61. The van der Waals surface area contributed by atoms with Gasteiger partial charge in [-0.2, -0.15) is 23.0 Å². The molecule has 29 heavy (non-hydrogen) atoms. The molecule has 11 heteroatoms. The summed E-state index contributed by atoms with van der Waals surface area (Å²) in [4.78, 5) is 24.7. The Balaban J connectivity index is 1.52. The number of piperidine rings is 1. The minimum Gasteiger partial charge on any atom is -0.476 e. The van der Waals surface area contributed by atoms with Crippen molar-refractivity contribution in [2.45, 2.75) is 31.7 Å². The average molecular weight is 432 g/mol. The number of likely N-dealkylation sites (tertiary alicyclic amines) is 1. The topological polar surface area (TPSA) is 84.7 Å². The van der Waals surface area contributed by atoms with Crippen LogP contribution in [0.2, 0.25) is 5.02 Å². The molecule has 1 aromatic heterocycles. The molecule has 2 heterocycles. The number of aromatic nitrogens is 2. The highest BCUT2D eigenvalue weighted by molar-refractivity contribution is 6.31. The summed E-state index contributed by atoms with van der Waals surface area (Å²) in [6, 6.07) is 4.44. The number of aromatic carboxylic acids is 1. The smallest absolute Gasteiger partial charge is 0.417 e. The Morgan fingerprint density at radius 3 is 2.52 bits per heavy atom. The molecule has 0 aliphatic carbocycles. The molecule has 156 valence electrons. The minimum atomic E-state index is -4.54. The Kier molecular flexibility index (Phi) is 6.13. The van der Waals surface area contributed by atoms with E-state index in [9.17, 15) is 22.8 Å². The van der Waals surface area contributed by atoms with E-state index in [0.717, 1.165) is 10.7 Å². The lowest BCUT2D eigenvalue weighted by Gasteiger charge is -2.31. The van der Waals surface area contributed by atoms with E-state index in [1.165, 1.54) is 29.3 Å². The number of rotatable bonds is 4. The molecule has 1 aromatic carbocycles. The van der Waals surface area contributed by atoms with Crippen LogP contribution in [0.4, 0.5) is 18.0 Å². The van der Waals surface area contributed by atoms with Gasteiger partial charge < -0.3 is 14.7 Å². The molecule has 0 radical (unpaired) electrons. The van der Waals surface area contributed by atoms with Gasteiger partial charge in [-0.05, 0) is 36.6 Å². The minimum absolute atomic E-state index is 0.0000103. The van der Waals surface area contributed by atoms with Gasteiger partial charge in [0.1, 0.15) is 0 Å². The molecule has 2 aromatic rings. The number of ether oxygens (including phenoxy) is 1. The van der Waals surface area contributed by atoms with E-state index >= 15 is 0 Å². The molecule has 0 spiro atoms. The number of hydrogen-bond donors (Lipinski definition) is 1. The molecule has 0 bridgehead atoms. The zero-order chi connectivity index (χ0) is 21.2. The number of amides is 1. The maximum atomic E-state index is 12.9. The molecule has 7 nitrogen and oxygen atoms in total. The fraction of sp³-hybridized carbons (Fsp3) is 0.389. The molecule has 1 aliphatic rings. The molecule has 3 rings (SSSR count). The highest BCUT2D eigenvalue weighted by Crippen LogP contribution is 2.35. The standard InChI is InChI=1S/C18H17ClF3N3O4/c19-14-2-1-11(9-13(14)18(20,21)22)10-29-12-3-6-24(7-4-12)17(28)25-8-5-15(23-25)16(26)27/h1-2,5,8-9,12H,3-4,6-7,10H2,(H,26,27). The summed E-state index contributed by atoms with van der Waals surface area (Å²) < 4.78 is 45.4. The number of halogens is 4. The van der Waals surface area contributed by atoms with Crippen LogP contribution in [-0.4, -0.2) is 51.0 Å². The van der Waals surface area contributed by atoms with E-state index in [-0.39, 0.29) is 23.4 Å². The van der Waals surface area contributed by atoms with Gasteiger partial charge in [0.25, 0.3) is 0 Å². The number of carboxylic acid groups (broad SMARTS) is 1. The first-order valence-corrected chi connectivity index (χ1v) is 9.08. The van der Waals surface area contributed by atoms with Crippen LogP contribution in [-0.2, 0) is 17.5 Å². The third-order valence-corrected chi connectivity index (χ3v) is 4.87. The van der Waals surface area contributed by atoms with Gasteiger partial charge in [-0.1, -0.05) is 17.7 Å². The first-order valence-electron chi connectivity index (χ1n) is 8.70. The van der Waals surface area contributed by atoms with Crippen molar-refractivity contribution in [2.75, 3.05) is 13.1 Å². The van der Waals surface area contributed by atoms with Gasteiger partial charge in [0, 0.05) is 19.3 Å². The number of carbonyl (C=O) groups is 2. The van der Waals surface area contributed by atoms with Crippen molar-refractivity contribution in [3.8, 4) is 0 Å². The van der Waals surface area contributed by atoms with Gasteiger partial charge in [-0.15, -0.1) is 0 Å². The maximum Gasteiger partial charge on any atom is 0.417 e. The van der Waals surface area contributed by atoms with Crippen LogP contribution < -0.4 is 0 Å². The number of hydrogen-bond acceptors (Lipinski definition) is 4. The van der Waals surface area contributed by atoms with Crippen molar-refractivity contribution in [3.05, 3.63) is 52.3 Å². The summed E-state index contributed by atoms with van der Waals surface area (Å²) in [5.74, 6) is -1.22. The lowest BCUT2D eigenvalue weighted by molar-refractivity contribution is -0.137. The molecule has 0 atom stereocenters. The SMILES string of the molecule is O=C(O)c1ccn(C(=O)N2CCC(OCc3ccc(Cl)c(C(F)(F)F)c3)CC2)n1. The molecular weight excluding hydrogens is 415 g/mol. The summed E-state index contributed by atoms with van der Waals surface area (Å²) in [6.07, 6.45) is -2.47. The Morgan fingerprint density at radius 1 is 1.24 bits per heavy atom. The Labute approximate surface area is 168 Å². The third-order valence-electron chi connectivity index (χ3n) is 4.54. The molecule has 0 saturated carbocycles. The highest BCUT2D eigenvalue weighted by Gasteiger charge is 2.33. The fourth-order valence-electron chi connectivity index (χ4n) is 3.00. The second kappa shape index (κ2) is 8.42. The predicted octanol–water partition coefficient (Wildman–Crippen LogP) is 3.90. The molecule has 1 fully saturated rings. The van der Waals surface area contributed by atoms with Crippen LogP contribution in [0, 0.1) is 0 Å². The molecule has 1 aliphatic heterocycles. The van der Waals surface area contributed by atoms with Gasteiger partial charge in [-0.25, -0.2) is 9.59 Å². The molecule has 1 N–H and O–H groups in total. The van der Waals surface area contributed by atoms with Crippen molar-refractivity contribution in [2.24, 2.45) is 0 Å². The average Bonchev–Trinajstić information content (AvgIpc) is 3.17. The summed E-state index contributed by atoms with van der Waals surface area (Å²) in [6.45, 7) is 0.723. The van der Waals surface area contributed by atoms with Gasteiger partial charge in [0.15, 0.2) is 5.69 Å².